The Labute approximate surface area is 109 Å². The van der Waals surface area contributed by atoms with E-state index in [9.17, 15) is 13.2 Å². The van der Waals surface area contributed by atoms with E-state index in [2.05, 4.69) is 9.65 Å². The van der Waals surface area contributed by atoms with Gasteiger partial charge in [-0.3, -0.25) is 4.99 Å². The van der Waals surface area contributed by atoms with Crippen molar-refractivity contribution in [3.8, 4) is 0 Å². The fourth-order valence-corrected chi connectivity index (χ4v) is 1.28. The second kappa shape index (κ2) is 6.99. The molecule has 1 aromatic carbocycles. The molecule has 0 heterocycles. The SMILES string of the molecule is [B]OC=N[C@H](C=Cc1ccc(C(F)(F)F)cc1)CO. The van der Waals surface area contributed by atoms with Crippen LogP contribution in [0.5, 0.6) is 0 Å². The zero-order valence-corrected chi connectivity index (χ0v) is 9.84. The fourth-order valence-electron chi connectivity index (χ4n) is 1.28. The number of alkyl halides is 3. The van der Waals surface area contributed by atoms with Crippen LogP contribution in [0, 0.1) is 0 Å². The largest absolute Gasteiger partial charge is 0.560 e. The van der Waals surface area contributed by atoms with Crippen molar-refractivity contribution in [2.45, 2.75) is 12.2 Å². The van der Waals surface area contributed by atoms with Gasteiger partial charge in [0.2, 0.25) is 0 Å². The van der Waals surface area contributed by atoms with Gasteiger partial charge in [0.25, 0.3) is 0 Å². The minimum atomic E-state index is -4.35. The van der Waals surface area contributed by atoms with Gasteiger partial charge in [-0.25, -0.2) is 0 Å². The van der Waals surface area contributed by atoms with Crippen molar-refractivity contribution in [1.29, 1.82) is 0 Å². The molecule has 0 aliphatic carbocycles. The summed E-state index contributed by atoms with van der Waals surface area (Å²) in [5.74, 6) is 0. The predicted octanol–water partition coefficient (Wildman–Crippen LogP) is 2.21. The van der Waals surface area contributed by atoms with Crippen LogP contribution in [0.3, 0.4) is 0 Å². The van der Waals surface area contributed by atoms with E-state index < -0.39 is 17.8 Å². The molecule has 1 N–H and O–H groups in total. The zero-order chi connectivity index (χ0) is 14.3. The molecule has 0 aliphatic heterocycles. The molecule has 1 atom stereocenters. The molecule has 0 spiro atoms. The lowest BCUT2D eigenvalue weighted by Gasteiger charge is -2.06. The van der Waals surface area contributed by atoms with E-state index in [-0.39, 0.29) is 6.61 Å². The Kier molecular flexibility index (Phi) is 5.63. The molecule has 0 fully saturated rings. The molecule has 19 heavy (non-hydrogen) atoms. The summed E-state index contributed by atoms with van der Waals surface area (Å²) in [5.41, 5.74) is -0.145. The van der Waals surface area contributed by atoms with Gasteiger partial charge in [-0.05, 0) is 17.7 Å². The first-order valence-corrected chi connectivity index (χ1v) is 5.31. The highest BCUT2D eigenvalue weighted by atomic mass is 19.4. The topological polar surface area (TPSA) is 41.8 Å². The van der Waals surface area contributed by atoms with Crippen LogP contribution in [0.25, 0.3) is 6.08 Å². The van der Waals surface area contributed by atoms with Gasteiger partial charge >= 0.3 is 14.2 Å². The second-order valence-electron chi connectivity index (χ2n) is 3.62. The minimum absolute atomic E-state index is 0.267. The Morgan fingerprint density at radius 2 is 1.95 bits per heavy atom. The Bertz CT molecular complexity index is 443. The normalized spacial score (nSPS) is 14.1. The lowest BCUT2D eigenvalue weighted by Crippen LogP contribution is -2.06. The van der Waals surface area contributed by atoms with Gasteiger partial charge < -0.3 is 9.76 Å². The molecule has 0 aliphatic rings. The maximum atomic E-state index is 12.3. The number of hydrogen-bond acceptors (Lipinski definition) is 3. The van der Waals surface area contributed by atoms with Gasteiger partial charge in [0.1, 0.15) is 0 Å². The first-order valence-electron chi connectivity index (χ1n) is 5.31. The Balaban J connectivity index is 2.74. The summed E-state index contributed by atoms with van der Waals surface area (Å²) in [6.07, 6.45) is -0.302. The zero-order valence-electron chi connectivity index (χ0n) is 9.84. The molecule has 3 nitrogen and oxygen atoms in total. The average molecular weight is 269 g/mol. The van der Waals surface area contributed by atoms with Crippen LogP contribution in [0.4, 0.5) is 13.2 Å². The number of aliphatic hydroxyl groups is 1. The maximum Gasteiger partial charge on any atom is 0.416 e. The third kappa shape index (κ3) is 5.17. The summed E-state index contributed by atoms with van der Waals surface area (Å²) >= 11 is 0. The summed E-state index contributed by atoms with van der Waals surface area (Å²) in [7, 11) is 4.73. The van der Waals surface area contributed by atoms with E-state index in [1.54, 1.807) is 6.08 Å². The molecule has 0 saturated heterocycles. The van der Waals surface area contributed by atoms with E-state index >= 15 is 0 Å². The van der Waals surface area contributed by atoms with E-state index in [0.717, 1.165) is 18.5 Å². The number of aliphatic hydroxyl groups excluding tert-OH is 1. The lowest BCUT2D eigenvalue weighted by atomic mass is 10.1. The van der Waals surface area contributed by atoms with Crippen molar-refractivity contribution in [1.82, 2.24) is 0 Å². The van der Waals surface area contributed by atoms with Crippen molar-refractivity contribution in [2.24, 2.45) is 4.99 Å². The monoisotopic (exact) mass is 269 g/mol. The first-order chi connectivity index (χ1) is 8.97. The molecule has 7 heteroatoms. The number of benzene rings is 1. The van der Waals surface area contributed by atoms with Crippen LogP contribution in [0.1, 0.15) is 11.1 Å². The summed E-state index contributed by atoms with van der Waals surface area (Å²) in [5, 5.41) is 8.97. The number of rotatable bonds is 5. The molecule has 0 bridgehead atoms. The highest BCUT2D eigenvalue weighted by Gasteiger charge is 2.29. The average Bonchev–Trinajstić information content (AvgIpc) is 2.38. The Morgan fingerprint density at radius 3 is 2.42 bits per heavy atom. The maximum absolute atomic E-state index is 12.3. The molecule has 2 radical (unpaired) electrons. The molecule has 100 valence electrons. The van der Waals surface area contributed by atoms with Crippen molar-refractivity contribution in [3.63, 3.8) is 0 Å². The van der Waals surface area contributed by atoms with Crippen molar-refractivity contribution in [3.05, 3.63) is 41.5 Å². The van der Waals surface area contributed by atoms with Crippen molar-refractivity contribution < 1.29 is 22.9 Å². The molecular weight excluding hydrogens is 258 g/mol. The molecule has 0 unspecified atom stereocenters. The fraction of sp³-hybridized carbons (Fsp3) is 0.250. The minimum Gasteiger partial charge on any atom is -0.560 e. The molecule has 1 rings (SSSR count). The summed E-state index contributed by atoms with van der Waals surface area (Å²) in [6, 6.07) is 4.07. The quantitative estimate of drug-likeness (QED) is 0.506. The molecule has 0 amide bonds. The van der Waals surface area contributed by atoms with Gasteiger partial charge in [-0.1, -0.05) is 24.3 Å². The summed E-state index contributed by atoms with van der Waals surface area (Å²) in [4.78, 5) is 3.74. The third-order valence-corrected chi connectivity index (χ3v) is 2.25. The highest BCUT2D eigenvalue weighted by molar-refractivity contribution is 6.02. The van der Waals surface area contributed by atoms with E-state index in [0.29, 0.717) is 5.56 Å². The Morgan fingerprint density at radius 1 is 1.32 bits per heavy atom. The van der Waals surface area contributed by atoms with Crippen LogP contribution in [0.15, 0.2) is 35.3 Å². The predicted molar refractivity (Wildman–Crippen MR) is 66.7 cm³/mol. The number of nitrogens with zero attached hydrogens (tertiary/aromatic N) is 1. The molecular formula is C12H11BF3NO2. The van der Waals surface area contributed by atoms with Gasteiger partial charge in [0.15, 0.2) is 6.40 Å². The smallest absolute Gasteiger partial charge is 0.416 e. The second-order valence-corrected chi connectivity index (χ2v) is 3.62. The Hall–Kier alpha value is -1.76. The number of aliphatic imine (C=N–C) groups is 1. The van der Waals surface area contributed by atoms with Crippen LogP contribution in [0.2, 0.25) is 0 Å². The van der Waals surface area contributed by atoms with Crippen LogP contribution in [-0.4, -0.2) is 32.2 Å². The van der Waals surface area contributed by atoms with Crippen LogP contribution in [-0.2, 0) is 10.8 Å². The van der Waals surface area contributed by atoms with Gasteiger partial charge in [0.05, 0.1) is 18.2 Å². The van der Waals surface area contributed by atoms with Gasteiger partial charge in [-0.15, -0.1) is 0 Å². The van der Waals surface area contributed by atoms with E-state index in [1.165, 1.54) is 18.2 Å². The summed E-state index contributed by atoms with van der Waals surface area (Å²) in [6.45, 7) is -0.267. The number of halogens is 3. The van der Waals surface area contributed by atoms with Gasteiger partial charge in [0, 0.05) is 0 Å². The van der Waals surface area contributed by atoms with Crippen LogP contribution >= 0.6 is 0 Å². The summed E-state index contributed by atoms with van der Waals surface area (Å²) < 4.78 is 41.1. The molecule has 1 aromatic rings. The molecule has 0 aromatic heterocycles. The molecule has 0 saturated carbocycles. The highest BCUT2D eigenvalue weighted by Crippen LogP contribution is 2.29. The van der Waals surface area contributed by atoms with E-state index in [4.69, 9.17) is 13.2 Å². The van der Waals surface area contributed by atoms with Gasteiger partial charge in [-0.2, -0.15) is 13.2 Å². The van der Waals surface area contributed by atoms with Crippen molar-refractivity contribution in [2.75, 3.05) is 6.61 Å². The number of hydrogen-bond donors (Lipinski definition) is 1. The first kappa shape index (κ1) is 15.3. The lowest BCUT2D eigenvalue weighted by molar-refractivity contribution is -0.137. The third-order valence-electron chi connectivity index (χ3n) is 2.25. The standard InChI is InChI=1S/C12H11BF3NO2/c13-19-8-17-11(7-18)6-3-9-1-4-10(5-2-9)12(14,15)16/h1-6,8,11,18H,7H2/t11-/m1/s1. The van der Waals surface area contributed by atoms with Crippen molar-refractivity contribution >= 4 is 20.5 Å². The van der Waals surface area contributed by atoms with E-state index in [1.807, 2.05) is 0 Å². The van der Waals surface area contributed by atoms with Crippen LogP contribution < -0.4 is 0 Å².